The Morgan fingerprint density at radius 2 is 2.14 bits per heavy atom. The number of nitrogens with one attached hydrogen (secondary N) is 1. The molecule has 0 heterocycles. The first-order valence-corrected chi connectivity index (χ1v) is 4.11. The van der Waals surface area contributed by atoms with E-state index in [1.165, 1.54) is 11.0 Å². The summed E-state index contributed by atoms with van der Waals surface area (Å²) in [5.41, 5.74) is 0. The maximum atomic E-state index is 11.7. The highest BCUT2D eigenvalue weighted by atomic mass is 19.4. The van der Waals surface area contributed by atoms with Crippen molar-refractivity contribution in [2.75, 3.05) is 19.6 Å². The van der Waals surface area contributed by atoms with Gasteiger partial charge in [-0.15, -0.1) is 6.58 Å². The van der Waals surface area contributed by atoms with E-state index in [0.717, 1.165) is 0 Å². The molecule has 0 radical (unpaired) electrons. The zero-order chi connectivity index (χ0) is 11.2. The maximum absolute atomic E-state index is 11.7. The molecule has 0 aliphatic carbocycles. The fraction of sp³-hybridized carbons (Fsp3) is 0.625. The van der Waals surface area contributed by atoms with Gasteiger partial charge in [0, 0.05) is 13.1 Å². The molecule has 0 atom stereocenters. The van der Waals surface area contributed by atoms with Crippen molar-refractivity contribution in [2.24, 2.45) is 0 Å². The number of urea groups is 1. The average molecular weight is 210 g/mol. The Hall–Kier alpha value is -1.20. The molecule has 0 aromatic rings. The number of nitrogens with zero attached hydrogens (tertiary/aromatic N) is 1. The lowest BCUT2D eigenvalue weighted by molar-refractivity contribution is -0.123. The quantitative estimate of drug-likeness (QED) is 0.704. The van der Waals surface area contributed by atoms with E-state index in [1.807, 2.05) is 0 Å². The Bertz CT molecular complexity index is 203. The van der Waals surface area contributed by atoms with Gasteiger partial charge in [-0.3, -0.25) is 0 Å². The first-order chi connectivity index (χ1) is 6.40. The zero-order valence-corrected chi connectivity index (χ0v) is 7.90. The van der Waals surface area contributed by atoms with Crippen LogP contribution in [0.4, 0.5) is 18.0 Å². The van der Waals surface area contributed by atoms with Gasteiger partial charge in [-0.05, 0) is 6.92 Å². The number of likely N-dealkylation sites (N-methyl/N-ethyl adjacent to an activating group) is 1. The molecule has 14 heavy (non-hydrogen) atoms. The van der Waals surface area contributed by atoms with Gasteiger partial charge in [0.1, 0.15) is 6.54 Å². The first-order valence-electron chi connectivity index (χ1n) is 4.11. The molecule has 3 nitrogen and oxygen atoms in total. The molecule has 2 amide bonds. The monoisotopic (exact) mass is 210 g/mol. The number of amides is 2. The van der Waals surface area contributed by atoms with Crippen LogP contribution >= 0.6 is 0 Å². The van der Waals surface area contributed by atoms with Crippen LogP contribution in [0.1, 0.15) is 6.92 Å². The predicted molar refractivity (Wildman–Crippen MR) is 46.9 cm³/mol. The van der Waals surface area contributed by atoms with Gasteiger partial charge in [0.25, 0.3) is 0 Å². The van der Waals surface area contributed by atoms with E-state index in [4.69, 9.17) is 0 Å². The normalized spacial score (nSPS) is 10.9. The number of halogens is 3. The van der Waals surface area contributed by atoms with Crippen molar-refractivity contribution in [3.05, 3.63) is 12.7 Å². The molecule has 0 saturated carbocycles. The molecule has 0 saturated heterocycles. The van der Waals surface area contributed by atoms with Crippen molar-refractivity contribution in [1.29, 1.82) is 0 Å². The number of carbonyl (C=O) groups excluding carboxylic acids is 1. The second kappa shape index (κ2) is 5.51. The van der Waals surface area contributed by atoms with Crippen LogP contribution in [0.3, 0.4) is 0 Å². The Balaban J connectivity index is 3.98. The second-order valence-corrected chi connectivity index (χ2v) is 2.60. The van der Waals surface area contributed by atoms with Crippen LogP contribution in [0.5, 0.6) is 0 Å². The number of alkyl halides is 3. The molecule has 0 aromatic carbocycles. The Morgan fingerprint density at radius 3 is 2.50 bits per heavy atom. The van der Waals surface area contributed by atoms with Crippen LogP contribution in [0, 0.1) is 0 Å². The molecule has 0 spiro atoms. The Labute approximate surface area is 80.6 Å². The highest BCUT2D eigenvalue weighted by molar-refractivity contribution is 5.74. The van der Waals surface area contributed by atoms with Crippen molar-refractivity contribution >= 4 is 6.03 Å². The van der Waals surface area contributed by atoms with E-state index in [0.29, 0.717) is 6.54 Å². The van der Waals surface area contributed by atoms with Crippen molar-refractivity contribution in [2.45, 2.75) is 13.1 Å². The molecule has 6 heteroatoms. The molecule has 1 N–H and O–H groups in total. The summed E-state index contributed by atoms with van der Waals surface area (Å²) in [5.74, 6) is 0. The molecule has 0 bridgehead atoms. The van der Waals surface area contributed by atoms with E-state index >= 15 is 0 Å². The SMILES string of the molecule is C=CCN(CC)C(=O)NCC(F)(F)F. The summed E-state index contributed by atoms with van der Waals surface area (Å²) in [6, 6.07) is -0.732. The second-order valence-electron chi connectivity index (χ2n) is 2.60. The van der Waals surface area contributed by atoms with Crippen LogP contribution in [0.15, 0.2) is 12.7 Å². The van der Waals surface area contributed by atoms with Crippen molar-refractivity contribution < 1.29 is 18.0 Å². The third-order valence-electron chi connectivity index (χ3n) is 1.46. The van der Waals surface area contributed by atoms with Gasteiger partial charge in [-0.1, -0.05) is 6.08 Å². The lowest BCUT2D eigenvalue weighted by atomic mass is 10.5. The number of carbonyl (C=O) groups is 1. The standard InChI is InChI=1S/C8H13F3N2O/c1-3-5-13(4-2)7(14)12-6-8(9,10)11/h3H,1,4-6H2,2H3,(H,12,14). The molecule has 0 aliphatic heterocycles. The molecule has 0 rings (SSSR count). The first kappa shape index (κ1) is 12.8. The van der Waals surface area contributed by atoms with E-state index in [1.54, 1.807) is 12.2 Å². The van der Waals surface area contributed by atoms with Gasteiger partial charge in [0.2, 0.25) is 0 Å². The van der Waals surface area contributed by atoms with Gasteiger partial charge in [0.15, 0.2) is 0 Å². The smallest absolute Gasteiger partial charge is 0.329 e. The van der Waals surface area contributed by atoms with E-state index in [9.17, 15) is 18.0 Å². The molecular formula is C8H13F3N2O. The average Bonchev–Trinajstić information content (AvgIpc) is 2.09. The number of rotatable bonds is 4. The maximum Gasteiger partial charge on any atom is 0.405 e. The summed E-state index contributed by atoms with van der Waals surface area (Å²) < 4.78 is 35.1. The molecule has 0 unspecified atom stereocenters. The summed E-state index contributed by atoms with van der Waals surface area (Å²) in [5, 5.41) is 1.77. The van der Waals surface area contributed by atoms with Gasteiger partial charge in [-0.25, -0.2) is 4.79 Å². The largest absolute Gasteiger partial charge is 0.405 e. The molecule has 0 aromatic heterocycles. The topological polar surface area (TPSA) is 32.3 Å². The molecule has 82 valence electrons. The highest BCUT2D eigenvalue weighted by Crippen LogP contribution is 2.12. The highest BCUT2D eigenvalue weighted by Gasteiger charge is 2.28. The minimum Gasteiger partial charge on any atom is -0.329 e. The lowest BCUT2D eigenvalue weighted by Gasteiger charge is -2.19. The minimum atomic E-state index is -4.37. The van der Waals surface area contributed by atoms with E-state index in [2.05, 4.69) is 6.58 Å². The summed E-state index contributed by atoms with van der Waals surface area (Å²) >= 11 is 0. The zero-order valence-electron chi connectivity index (χ0n) is 7.90. The molecule has 0 aliphatic rings. The van der Waals surface area contributed by atoms with Crippen LogP contribution in [-0.4, -0.2) is 36.7 Å². The van der Waals surface area contributed by atoms with Crippen LogP contribution in [0.25, 0.3) is 0 Å². The fourth-order valence-electron chi connectivity index (χ4n) is 0.799. The summed E-state index contributed by atoms with van der Waals surface area (Å²) in [4.78, 5) is 12.3. The number of hydrogen-bond acceptors (Lipinski definition) is 1. The van der Waals surface area contributed by atoms with Crippen molar-refractivity contribution in [3.8, 4) is 0 Å². The van der Waals surface area contributed by atoms with Gasteiger partial charge in [0.05, 0.1) is 0 Å². The van der Waals surface area contributed by atoms with Crippen molar-refractivity contribution in [3.63, 3.8) is 0 Å². The third kappa shape index (κ3) is 5.45. The fourth-order valence-corrected chi connectivity index (χ4v) is 0.799. The Kier molecular flexibility index (Phi) is 5.04. The van der Waals surface area contributed by atoms with Gasteiger partial charge in [-0.2, -0.15) is 13.2 Å². The predicted octanol–water partition coefficient (Wildman–Crippen LogP) is 1.77. The van der Waals surface area contributed by atoms with Gasteiger partial charge < -0.3 is 10.2 Å². The number of hydrogen-bond donors (Lipinski definition) is 1. The van der Waals surface area contributed by atoms with Gasteiger partial charge >= 0.3 is 12.2 Å². The summed E-state index contributed by atoms with van der Waals surface area (Å²) in [7, 11) is 0. The van der Waals surface area contributed by atoms with E-state index in [-0.39, 0.29) is 6.54 Å². The lowest BCUT2D eigenvalue weighted by Crippen LogP contribution is -2.43. The van der Waals surface area contributed by atoms with Crippen LogP contribution < -0.4 is 5.32 Å². The van der Waals surface area contributed by atoms with Crippen LogP contribution in [0.2, 0.25) is 0 Å². The van der Waals surface area contributed by atoms with E-state index < -0.39 is 18.8 Å². The molecule has 0 fully saturated rings. The van der Waals surface area contributed by atoms with Crippen molar-refractivity contribution in [1.82, 2.24) is 10.2 Å². The third-order valence-corrected chi connectivity index (χ3v) is 1.46. The summed E-state index contributed by atoms with van der Waals surface area (Å²) in [6.07, 6.45) is -2.92. The minimum absolute atomic E-state index is 0.236. The summed E-state index contributed by atoms with van der Waals surface area (Å²) in [6.45, 7) is 4.35. The van der Waals surface area contributed by atoms with Crippen LogP contribution in [-0.2, 0) is 0 Å². The molecular weight excluding hydrogens is 197 g/mol. The Morgan fingerprint density at radius 1 is 1.57 bits per heavy atom.